The number of aliphatic imine (C=N–C) groups is 1. The third-order valence-corrected chi connectivity index (χ3v) is 6.95. The molecule has 2 N–H and O–H groups in total. The number of hydrogen-bond acceptors (Lipinski definition) is 5. The van der Waals surface area contributed by atoms with Crippen LogP contribution in [0.5, 0.6) is 0 Å². The molecular formula is C28H27N5O. The summed E-state index contributed by atoms with van der Waals surface area (Å²) in [6, 6.07) is 19.7. The van der Waals surface area contributed by atoms with Crippen LogP contribution in [0.4, 0.5) is 0 Å². The molecule has 0 aromatic heterocycles. The summed E-state index contributed by atoms with van der Waals surface area (Å²) in [6.45, 7) is 5.69. The topological polar surface area (TPSA) is 106 Å². The number of carbonyl (C=O) groups excluding carboxylic acids is 1. The summed E-state index contributed by atoms with van der Waals surface area (Å²) in [5.41, 5.74) is 10.0. The van der Waals surface area contributed by atoms with Crippen LogP contribution >= 0.6 is 0 Å². The minimum Gasteiger partial charge on any atom is -0.369 e. The Kier molecular flexibility index (Phi) is 5.63. The number of allylic oxidation sites excluding steroid dienone is 3. The normalized spacial score (nSPS) is 22.4. The van der Waals surface area contributed by atoms with Crippen molar-refractivity contribution in [1.82, 2.24) is 4.90 Å². The zero-order chi connectivity index (χ0) is 24.7. The van der Waals surface area contributed by atoms with E-state index in [0.29, 0.717) is 12.0 Å². The van der Waals surface area contributed by atoms with E-state index in [0.717, 1.165) is 27.8 Å². The molecular weight excluding hydrogens is 422 g/mol. The Morgan fingerprint density at radius 3 is 2.50 bits per heavy atom. The maximum Gasteiger partial charge on any atom is 0.239 e. The largest absolute Gasteiger partial charge is 0.369 e. The van der Waals surface area contributed by atoms with E-state index in [1.54, 1.807) is 13.1 Å². The van der Waals surface area contributed by atoms with Gasteiger partial charge in [0.05, 0.1) is 34.6 Å². The first kappa shape index (κ1) is 23.0. The van der Waals surface area contributed by atoms with Gasteiger partial charge in [0, 0.05) is 7.05 Å². The second kappa shape index (κ2) is 8.32. The fourth-order valence-electron chi connectivity index (χ4n) is 4.66. The highest BCUT2D eigenvalue weighted by Gasteiger charge is 2.48. The molecule has 0 spiro atoms. The maximum absolute atomic E-state index is 13.5. The van der Waals surface area contributed by atoms with E-state index >= 15 is 0 Å². The van der Waals surface area contributed by atoms with Crippen molar-refractivity contribution < 1.29 is 4.79 Å². The van der Waals surface area contributed by atoms with Gasteiger partial charge in [-0.15, -0.1) is 0 Å². The lowest BCUT2D eigenvalue weighted by molar-refractivity contribution is -0.130. The van der Waals surface area contributed by atoms with Crippen molar-refractivity contribution >= 4 is 17.4 Å². The third kappa shape index (κ3) is 3.78. The van der Waals surface area contributed by atoms with E-state index < -0.39 is 16.9 Å². The van der Waals surface area contributed by atoms with E-state index in [1.807, 2.05) is 75.4 Å². The lowest BCUT2D eigenvalue weighted by atomic mass is 9.72. The SMILES string of the molecule is CN1C(=O)[C@H](c2ccc(C(C)(C)C#N)cc2)[C@@](C)(C2=CC=C(c3cccc(C#N)c3)C2)N=C1N. The van der Waals surface area contributed by atoms with Gasteiger partial charge in [-0.3, -0.25) is 9.69 Å². The lowest BCUT2D eigenvalue weighted by Gasteiger charge is -2.41. The quantitative estimate of drug-likeness (QED) is 0.746. The summed E-state index contributed by atoms with van der Waals surface area (Å²) < 4.78 is 0. The minimum atomic E-state index is -0.870. The maximum atomic E-state index is 13.5. The van der Waals surface area contributed by atoms with E-state index in [-0.39, 0.29) is 11.9 Å². The van der Waals surface area contributed by atoms with Crippen molar-refractivity contribution in [2.45, 2.75) is 44.1 Å². The fraction of sp³-hybridized carbons (Fsp3) is 0.286. The molecule has 0 fully saturated rings. The molecule has 2 aromatic carbocycles. The Balaban J connectivity index is 1.72. The van der Waals surface area contributed by atoms with Gasteiger partial charge in [-0.2, -0.15) is 10.5 Å². The smallest absolute Gasteiger partial charge is 0.239 e. The van der Waals surface area contributed by atoms with Gasteiger partial charge < -0.3 is 5.73 Å². The number of nitrogens with two attached hydrogens (primary N) is 1. The van der Waals surface area contributed by atoms with Gasteiger partial charge in [0.25, 0.3) is 0 Å². The number of carbonyl (C=O) groups is 1. The van der Waals surface area contributed by atoms with Crippen molar-refractivity contribution in [3.63, 3.8) is 0 Å². The lowest BCUT2D eigenvalue weighted by Crippen LogP contribution is -2.54. The second-order valence-electron chi connectivity index (χ2n) is 9.56. The molecule has 4 rings (SSSR count). The number of nitriles is 2. The van der Waals surface area contributed by atoms with Crippen molar-refractivity contribution in [3.8, 4) is 12.1 Å². The average Bonchev–Trinajstić information content (AvgIpc) is 3.34. The molecule has 0 saturated carbocycles. The molecule has 1 aliphatic carbocycles. The molecule has 34 heavy (non-hydrogen) atoms. The molecule has 1 amide bonds. The van der Waals surface area contributed by atoms with Gasteiger partial charge in [-0.1, -0.05) is 48.6 Å². The van der Waals surface area contributed by atoms with Crippen molar-refractivity contribution in [1.29, 1.82) is 10.5 Å². The van der Waals surface area contributed by atoms with Crippen LogP contribution in [0, 0.1) is 22.7 Å². The molecule has 170 valence electrons. The number of amides is 1. The number of rotatable bonds is 4. The van der Waals surface area contributed by atoms with Crippen LogP contribution in [-0.4, -0.2) is 29.4 Å². The first-order valence-corrected chi connectivity index (χ1v) is 11.2. The molecule has 0 saturated heterocycles. The summed E-state index contributed by atoms with van der Waals surface area (Å²) in [4.78, 5) is 19.7. The van der Waals surface area contributed by atoms with Gasteiger partial charge in [-0.05, 0) is 67.2 Å². The van der Waals surface area contributed by atoms with E-state index in [2.05, 4.69) is 12.1 Å². The number of benzene rings is 2. The highest BCUT2D eigenvalue weighted by atomic mass is 16.2. The zero-order valence-corrected chi connectivity index (χ0v) is 19.8. The molecule has 6 nitrogen and oxygen atoms in total. The standard InChI is InChI=1S/C28H27N5O/c1-27(2,17-30)22-11-8-19(9-12-22)24-25(34)33(4)26(31)32-28(24,3)23-13-10-21(15-23)20-7-5-6-18(14-20)16-29/h5-14,24H,15H2,1-4H3,(H2,31,32)/t24-,28+/m0/s1. The molecule has 0 bridgehead atoms. The highest BCUT2D eigenvalue weighted by molar-refractivity contribution is 6.03. The number of nitrogens with zero attached hydrogens (tertiary/aromatic N) is 4. The van der Waals surface area contributed by atoms with Crippen LogP contribution in [-0.2, 0) is 10.2 Å². The molecule has 6 heteroatoms. The van der Waals surface area contributed by atoms with Crippen LogP contribution in [0.2, 0.25) is 0 Å². The Morgan fingerprint density at radius 1 is 1.15 bits per heavy atom. The van der Waals surface area contributed by atoms with Gasteiger partial charge in [-0.25, -0.2) is 4.99 Å². The Hall–Kier alpha value is -4.16. The molecule has 2 aromatic rings. The van der Waals surface area contributed by atoms with E-state index in [9.17, 15) is 15.3 Å². The summed E-state index contributed by atoms with van der Waals surface area (Å²) in [6.07, 6.45) is 4.65. The zero-order valence-electron chi connectivity index (χ0n) is 19.8. The van der Waals surface area contributed by atoms with Crippen LogP contribution in [0.15, 0.2) is 71.2 Å². The molecule has 1 aliphatic heterocycles. The molecule has 2 atom stereocenters. The summed E-state index contributed by atoms with van der Waals surface area (Å²) >= 11 is 0. The van der Waals surface area contributed by atoms with Gasteiger partial charge in [0.1, 0.15) is 0 Å². The summed E-state index contributed by atoms with van der Waals surface area (Å²) in [5, 5.41) is 18.7. The molecule has 2 aliphatic rings. The summed E-state index contributed by atoms with van der Waals surface area (Å²) in [7, 11) is 1.64. The molecule has 0 radical (unpaired) electrons. The van der Waals surface area contributed by atoms with Gasteiger partial charge in [0.2, 0.25) is 5.91 Å². The first-order valence-electron chi connectivity index (χ1n) is 11.2. The number of likely N-dealkylation sites (N-methyl/N-ethyl adjacent to an activating group) is 1. The fourth-order valence-corrected chi connectivity index (χ4v) is 4.66. The monoisotopic (exact) mass is 449 g/mol. The van der Waals surface area contributed by atoms with Crippen LogP contribution in [0.1, 0.15) is 55.4 Å². The van der Waals surface area contributed by atoms with Crippen LogP contribution in [0.3, 0.4) is 0 Å². The van der Waals surface area contributed by atoms with Crippen LogP contribution < -0.4 is 5.73 Å². The first-order chi connectivity index (χ1) is 16.1. The molecule has 1 heterocycles. The van der Waals surface area contributed by atoms with Crippen molar-refractivity contribution in [2.75, 3.05) is 7.05 Å². The van der Waals surface area contributed by atoms with Crippen LogP contribution in [0.25, 0.3) is 5.57 Å². The Labute approximate surface area is 200 Å². The second-order valence-corrected chi connectivity index (χ2v) is 9.56. The Bertz CT molecular complexity index is 1330. The van der Waals surface area contributed by atoms with E-state index in [4.69, 9.17) is 10.7 Å². The highest BCUT2D eigenvalue weighted by Crippen LogP contribution is 2.46. The predicted octanol–water partition coefficient (Wildman–Crippen LogP) is 4.40. The van der Waals surface area contributed by atoms with Crippen molar-refractivity contribution in [3.05, 3.63) is 88.5 Å². The molecule has 0 unspecified atom stereocenters. The van der Waals surface area contributed by atoms with Gasteiger partial charge in [0.15, 0.2) is 5.96 Å². The minimum absolute atomic E-state index is 0.122. The summed E-state index contributed by atoms with van der Waals surface area (Å²) in [5.74, 6) is -0.497. The predicted molar refractivity (Wildman–Crippen MR) is 132 cm³/mol. The number of hydrogen-bond donors (Lipinski definition) is 1. The van der Waals surface area contributed by atoms with Crippen molar-refractivity contribution in [2.24, 2.45) is 10.7 Å². The van der Waals surface area contributed by atoms with Gasteiger partial charge >= 0.3 is 0 Å². The third-order valence-electron chi connectivity index (χ3n) is 6.95. The Morgan fingerprint density at radius 2 is 1.85 bits per heavy atom. The van der Waals surface area contributed by atoms with E-state index in [1.165, 1.54) is 4.90 Å². The number of guanidine groups is 1. The average molecular weight is 450 g/mol.